The summed E-state index contributed by atoms with van der Waals surface area (Å²) in [6.45, 7) is 11.5. The Morgan fingerprint density at radius 2 is 1.49 bits per heavy atom. The predicted octanol–water partition coefficient (Wildman–Crippen LogP) is 2.21. The molecule has 0 unspecified atom stereocenters. The predicted molar refractivity (Wildman–Crippen MR) is 149 cm³/mol. The van der Waals surface area contributed by atoms with Gasteiger partial charge in [0.25, 0.3) is 5.91 Å². The van der Waals surface area contributed by atoms with E-state index in [4.69, 9.17) is 4.74 Å². The number of carbonyl (C=O) groups excluding carboxylic acids is 5. The summed E-state index contributed by atoms with van der Waals surface area (Å²) in [5.74, 6) is -1.79. The molecule has 0 aliphatic rings. The van der Waals surface area contributed by atoms with Crippen molar-refractivity contribution in [1.82, 2.24) is 21.3 Å². The minimum absolute atomic E-state index is 0.149. The van der Waals surface area contributed by atoms with Crippen LogP contribution in [-0.4, -0.2) is 65.9 Å². The maximum absolute atomic E-state index is 12.8. The van der Waals surface area contributed by atoms with Crippen molar-refractivity contribution in [3.8, 4) is 0 Å². The van der Waals surface area contributed by atoms with Crippen LogP contribution in [0.15, 0.2) is 24.3 Å². The van der Waals surface area contributed by atoms with Crippen LogP contribution in [0.5, 0.6) is 0 Å². The van der Waals surface area contributed by atoms with Crippen molar-refractivity contribution in [3.05, 3.63) is 29.8 Å². The fourth-order valence-electron chi connectivity index (χ4n) is 2.86. The Balaban J connectivity index is 2.55. The van der Waals surface area contributed by atoms with E-state index in [0.717, 1.165) is 0 Å². The third-order valence-electron chi connectivity index (χ3n) is 4.87. The van der Waals surface area contributed by atoms with Gasteiger partial charge in [-0.05, 0) is 42.5 Å². The number of rotatable bonds is 12. The maximum atomic E-state index is 12.8. The zero-order valence-corrected chi connectivity index (χ0v) is 24.4. The lowest BCUT2D eigenvalue weighted by atomic mass is 9.99. The number of alkyl carbamates (subject to hydrolysis) is 1. The highest BCUT2D eigenvalue weighted by Gasteiger charge is 2.27. The van der Waals surface area contributed by atoms with E-state index in [2.05, 4.69) is 26.6 Å². The van der Waals surface area contributed by atoms with Crippen LogP contribution >= 0.6 is 22.6 Å². The summed E-state index contributed by atoms with van der Waals surface area (Å²) < 4.78 is 5.39. The van der Waals surface area contributed by atoms with E-state index in [9.17, 15) is 24.0 Å². The molecule has 0 saturated heterocycles. The maximum Gasteiger partial charge on any atom is 0.407 e. The van der Waals surface area contributed by atoms with Crippen molar-refractivity contribution < 1.29 is 28.7 Å². The van der Waals surface area contributed by atoms with Gasteiger partial charge in [-0.25, -0.2) is 4.79 Å². The molecule has 5 amide bonds. The lowest BCUT2D eigenvalue weighted by Gasteiger charge is -2.24. The molecule has 206 valence electrons. The third-order valence-corrected chi connectivity index (χ3v) is 5.56. The Morgan fingerprint density at radius 3 is 2.03 bits per heavy atom. The summed E-state index contributed by atoms with van der Waals surface area (Å²) in [7, 11) is 0. The molecular formula is C25H38IN5O6. The van der Waals surface area contributed by atoms with Crippen molar-refractivity contribution >= 4 is 58.0 Å². The van der Waals surface area contributed by atoms with Gasteiger partial charge >= 0.3 is 6.09 Å². The molecule has 5 N–H and O–H groups in total. The van der Waals surface area contributed by atoms with Gasteiger partial charge in [0.1, 0.15) is 12.1 Å². The molecule has 0 bridgehead atoms. The number of carbonyl (C=O) groups is 5. The average molecular weight is 632 g/mol. The number of hydrogen-bond donors (Lipinski definition) is 5. The van der Waals surface area contributed by atoms with Gasteiger partial charge in [0.05, 0.1) is 11.0 Å². The first-order chi connectivity index (χ1) is 17.2. The molecule has 1 aromatic rings. The quantitative estimate of drug-likeness (QED) is 0.135. The molecule has 0 aliphatic heterocycles. The topological polar surface area (TPSA) is 155 Å². The number of halogens is 1. The van der Waals surface area contributed by atoms with E-state index in [1.807, 2.05) is 43.4 Å². The third kappa shape index (κ3) is 12.8. The molecule has 12 heteroatoms. The van der Waals surface area contributed by atoms with Crippen molar-refractivity contribution in [2.24, 2.45) is 11.3 Å². The van der Waals surface area contributed by atoms with E-state index < -0.39 is 35.9 Å². The number of hydrogen-bond acceptors (Lipinski definition) is 6. The molecule has 0 radical (unpaired) electrons. The Hall–Kier alpha value is -2.90. The van der Waals surface area contributed by atoms with Gasteiger partial charge < -0.3 is 31.3 Å². The summed E-state index contributed by atoms with van der Waals surface area (Å²) in [5, 5.41) is 13.2. The van der Waals surface area contributed by atoms with Crippen LogP contribution in [0.3, 0.4) is 0 Å². The average Bonchev–Trinajstić information content (AvgIpc) is 2.83. The number of alkyl halides is 1. The second kappa shape index (κ2) is 15.4. The van der Waals surface area contributed by atoms with Crippen LogP contribution < -0.4 is 26.6 Å². The van der Waals surface area contributed by atoms with Crippen LogP contribution in [0.25, 0.3) is 0 Å². The largest absolute Gasteiger partial charge is 0.449 e. The van der Waals surface area contributed by atoms with Gasteiger partial charge in [-0.15, -0.1) is 0 Å². The van der Waals surface area contributed by atoms with Crippen LogP contribution in [-0.2, 0) is 19.1 Å². The van der Waals surface area contributed by atoms with E-state index >= 15 is 0 Å². The summed E-state index contributed by atoms with van der Waals surface area (Å²) in [5.41, 5.74) is 0.739. The molecule has 1 aromatic carbocycles. The highest BCUT2D eigenvalue weighted by Crippen LogP contribution is 2.13. The molecule has 11 nitrogen and oxygen atoms in total. The number of amides is 5. The molecule has 37 heavy (non-hydrogen) atoms. The second-order valence-corrected chi connectivity index (χ2v) is 10.8. The summed E-state index contributed by atoms with van der Waals surface area (Å²) in [4.78, 5) is 61.0. The Bertz CT molecular complexity index is 946. The number of nitrogens with one attached hydrogen (secondary N) is 5. The van der Waals surface area contributed by atoms with Gasteiger partial charge in [0.2, 0.25) is 17.7 Å². The fourth-order valence-corrected chi connectivity index (χ4v) is 3.05. The molecule has 0 aromatic heterocycles. The first-order valence-corrected chi connectivity index (χ1v) is 13.5. The minimum atomic E-state index is -0.875. The molecule has 2 atom stereocenters. The Labute approximate surface area is 231 Å². The number of ether oxygens (including phenoxy) is 1. The molecule has 0 heterocycles. The summed E-state index contributed by atoms with van der Waals surface area (Å²) in [6, 6.07) is 4.58. The Kier molecular flexibility index (Phi) is 13.4. The SMILES string of the molecule is CC(C)[C@H](NC(=O)c1ccc(NC(=O)CI)cc1)C(=O)N[C@@H](C)C(=O)NCCNC(=O)OCC(C)(C)C. The molecule has 0 saturated carbocycles. The standard InChI is InChI=1S/C25H38IN5O6/c1-15(2)20(31-22(34)17-7-9-18(10-8-17)30-19(32)13-26)23(35)29-16(3)21(33)27-11-12-28-24(36)37-14-25(4,5)6/h7-10,15-16,20H,11-14H2,1-6H3,(H,27,33)(H,28,36)(H,29,35)(H,30,32)(H,31,34)/t16-,20-/m0/s1. The highest BCUT2D eigenvalue weighted by atomic mass is 127. The van der Waals surface area contributed by atoms with Gasteiger partial charge in [-0.1, -0.05) is 57.2 Å². The molecular weight excluding hydrogens is 593 g/mol. The lowest BCUT2D eigenvalue weighted by Crippen LogP contribution is -2.54. The number of anilines is 1. The van der Waals surface area contributed by atoms with Gasteiger partial charge in [-0.3, -0.25) is 19.2 Å². The monoisotopic (exact) mass is 631 g/mol. The zero-order chi connectivity index (χ0) is 28.2. The molecule has 0 aliphatic carbocycles. The van der Waals surface area contributed by atoms with Crippen LogP contribution in [0, 0.1) is 11.3 Å². The van der Waals surface area contributed by atoms with Gasteiger partial charge in [0.15, 0.2) is 0 Å². The normalized spacial score (nSPS) is 12.6. The first kappa shape index (κ1) is 32.1. The summed E-state index contributed by atoms with van der Waals surface area (Å²) >= 11 is 1.95. The van der Waals surface area contributed by atoms with E-state index in [1.165, 1.54) is 6.92 Å². The second-order valence-electron chi connectivity index (χ2n) is 10.0. The lowest BCUT2D eigenvalue weighted by molar-refractivity contribution is -0.130. The molecule has 1 rings (SSSR count). The van der Waals surface area contributed by atoms with Crippen LogP contribution in [0.2, 0.25) is 0 Å². The first-order valence-electron chi connectivity index (χ1n) is 12.0. The minimum Gasteiger partial charge on any atom is -0.449 e. The smallest absolute Gasteiger partial charge is 0.407 e. The summed E-state index contributed by atoms with van der Waals surface area (Å²) in [6.07, 6.45) is -0.568. The number of benzene rings is 1. The van der Waals surface area contributed by atoms with Gasteiger partial charge in [-0.2, -0.15) is 0 Å². The molecule has 0 spiro atoms. The van der Waals surface area contributed by atoms with Gasteiger partial charge in [0, 0.05) is 24.3 Å². The van der Waals surface area contributed by atoms with Crippen molar-refractivity contribution in [2.75, 3.05) is 29.4 Å². The Morgan fingerprint density at radius 1 is 0.892 bits per heavy atom. The van der Waals surface area contributed by atoms with E-state index in [1.54, 1.807) is 38.1 Å². The van der Waals surface area contributed by atoms with Crippen LogP contribution in [0.1, 0.15) is 51.9 Å². The molecule has 0 fully saturated rings. The van der Waals surface area contributed by atoms with Crippen LogP contribution in [0.4, 0.5) is 10.5 Å². The highest BCUT2D eigenvalue weighted by molar-refractivity contribution is 14.1. The zero-order valence-electron chi connectivity index (χ0n) is 22.2. The van der Waals surface area contributed by atoms with E-state index in [0.29, 0.717) is 15.7 Å². The van der Waals surface area contributed by atoms with Crippen molar-refractivity contribution in [2.45, 2.75) is 53.6 Å². The van der Waals surface area contributed by atoms with E-state index in [-0.39, 0.29) is 36.9 Å². The van der Waals surface area contributed by atoms with Crippen molar-refractivity contribution in [3.63, 3.8) is 0 Å². The fraction of sp³-hybridized carbons (Fsp3) is 0.560. The van der Waals surface area contributed by atoms with Crippen molar-refractivity contribution in [1.29, 1.82) is 0 Å².